The smallest absolute Gasteiger partial charge is 0.289 e. The molecule has 0 spiro atoms. The van der Waals surface area contributed by atoms with Crippen molar-refractivity contribution in [2.45, 2.75) is 37.5 Å². The molecule has 1 fully saturated rings. The van der Waals surface area contributed by atoms with Gasteiger partial charge in [0.25, 0.3) is 5.56 Å². The number of nitro groups is 1. The predicted molar refractivity (Wildman–Crippen MR) is 120 cm³/mol. The van der Waals surface area contributed by atoms with Crippen molar-refractivity contribution in [3.05, 3.63) is 60.1 Å². The molecule has 0 radical (unpaired) electrons. The van der Waals surface area contributed by atoms with Crippen LogP contribution in [0.5, 0.6) is 0 Å². The van der Waals surface area contributed by atoms with Crippen molar-refractivity contribution in [3.63, 3.8) is 0 Å². The van der Waals surface area contributed by atoms with Crippen LogP contribution in [-0.4, -0.2) is 29.2 Å². The van der Waals surface area contributed by atoms with E-state index in [1.807, 2.05) is 22.6 Å². The highest BCUT2D eigenvalue weighted by Gasteiger charge is 2.53. The first-order chi connectivity index (χ1) is 14.5. The van der Waals surface area contributed by atoms with Crippen LogP contribution in [0.25, 0.3) is 0 Å². The first-order valence-electron chi connectivity index (χ1n) is 9.29. The number of nitrogens with one attached hydrogen (secondary N) is 2. The molecule has 1 aliphatic rings. The number of pyridine rings is 1. The zero-order valence-electron chi connectivity index (χ0n) is 16.3. The van der Waals surface area contributed by atoms with Gasteiger partial charge in [-0.3, -0.25) is 19.6 Å². The number of nitrogens with zero attached hydrogens (tertiary/aromatic N) is 2. The Kier molecular flexibility index (Phi) is 6.55. The van der Waals surface area contributed by atoms with Gasteiger partial charge in [0.15, 0.2) is 0 Å². The van der Waals surface area contributed by atoms with Gasteiger partial charge in [-0.25, -0.2) is 12.8 Å². The minimum absolute atomic E-state index is 0.168. The van der Waals surface area contributed by atoms with Crippen LogP contribution < -0.4 is 15.6 Å². The molecule has 9 nitrogen and oxygen atoms in total. The molecule has 3 rings (SSSR count). The minimum Gasteiger partial charge on any atom is -0.349 e. The molecule has 0 aliphatic heterocycles. The van der Waals surface area contributed by atoms with Gasteiger partial charge in [-0.15, -0.1) is 0 Å². The molecule has 1 heterocycles. The maximum Gasteiger partial charge on any atom is 0.289 e. The molecular formula is C18H19F2IN4O5S. The molecule has 0 saturated heterocycles. The maximum atomic E-state index is 15.0. The van der Waals surface area contributed by atoms with E-state index in [-0.39, 0.29) is 11.4 Å². The third kappa shape index (κ3) is 4.81. The summed E-state index contributed by atoms with van der Waals surface area (Å²) in [6.45, 7) is 0.586. The third-order valence-electron chi connectivity index (χ3n) is 5.20. The van der Waals surface area contributed by atoms with E-state index in [2.05, 4.69) is 10.0 Å². The summed E-state index contributed by atoms with van der Waals surface area (Å²) in [6.07, 6.45) is 2.18. The summed E-state index contributed by atoms with van der Waals surface area (Å²) >= 11 is 1.89. The van der Waals surface area contributed by atoms with E-state index in [9.17, 15) is 32.1 Å². The fourth-order valence-corrected chi connectivity index (χ4v) is 5.25. The van der Waals surface area contributed by atoms with Gasteiger partial charge in [0.1, 0.15) is 11.5 Å². The maximum absolute atomic E-state index is 15.0. The van der Waals surface area contributed by atoms with Crippen LogP contribution in [0, 0.1) is 25.3 Å². The standard InChI is InChI=1S/C18H19F2IN4O5S/c1-2-18(5-6-18)31(29,30)23-14-10-24(7-8-25(27)28)17(26)15(20)16(14)22-13-4-3-11(21)9-12(13)19/h3-4,9-10,22-23H,2,5-8H2,1H3. The average molecular weight is 568 g/mol. The largest absolute Gasteiger partial charge is 0.349 e. The van der Waals surface area contributed by atoms with E-state index >= 15 is 0 Å². The van der Waals surface area contributed by atoms with Gasteiger partial charge in [-0.1, -0.05) is 6.92 Å². The highest BCUT2D eigenvalue weighted by atomic mass is 127. The van der Waals surface area contributed by atoms with Crippen molar-refractivity contribution in [2.24, 2.45) is 0 Å². The quantitative estimate of drug-likeness (QED) is 0.272. The first-order valence-corrected chi connectivity index (χ1v) is 11.8. The number of benzene rings is 1. The molecule has 1 aromatic heterocycles. The predicted octanol–water partition coefficient (Wildman–Crippen LogP) is 3.44. The number of aromatic nitrogens is 1. The average Bonchev–Trinajstić information content (AvgIpc) is 3.49. The molecule has 0 atom stereocenters. The van der Waals surface area contributed by atoms with Crippen LogP contribution >= 0.6 is 22.6 Å². The van der Waals surface area contributed by atoms with Crippen LogP contribution in [0.15, 0.2) is 29.2 Å². The van der Waals surface area contributed by atoms with Crippen molar-refractivity contribution in [3.8, 4) is 0 Å². The summed E-state index contributed by atoms with van der Waals surface area (Å²) in [6, 6.07) is 4.04. The number of hydrogen-bond donors (Lipinski definition) is 2. The fourth-order valence-electron chi connectivity index (χ4n) is 3.12. The van der Waals surface area contributed by atoms with Crippen molar-refractivity contribution in [1.82, 2.24) is 4.57 Å². The first kappa shape index (κ1) is 23.4. The monoisotopic (exact) mass is 568 g/mol. The van der Waals surface area contributed by atoms with E-state index in [1.165, 1.54) is 12.1 Å². The molecular weight excluding hydrogens is 549 g/mol. The number of halogens is 3. The lowest BCUT2D eigenvalue weighted by Gasteiger charge is -2.20. The van der Waals surface area contributed by atoms with Crippen molar-refractivity contribution in [2.75, 3.05) is 16.6 Å². The van der Waals surface area contributed by atoms with E-state index in [4.69, 9.17) is 0 Å². The van der Waals surface area contributed by atoms with E-state index in [1.54, 1.807) is 13.0 Å². The van der Waals surface area contributed by atoms with Crippen molar-refractivity contribution in [1.29, 1.82) is 0 Å². The van der Waals surface area contributed by atoms with Crippen LogP contribution in [0.3, 0.4) is 0 Å². The zero-order chi connectivity index (χ0) is 23.0. The molecule has 1 aromatic carbocycles. The Labute approximate surface area is 190 Å². The summed E-state index contributed by atoms with van der Waals surface area (Å²) in [5.41, 5.74) is -2.26. The minimum atomic E-state index is -3.96. The summed E-state index contributed by atoms with van der Waals surface area (Å²) in [7, 11) is -3.96. The zero-order valence-corrected chi connectivity index (χ0v) is 19.3. The summed E-state index contributed by atoms with van der Waals surface area (Å²) in [5, 5.41) is 13.1. The second-order valence-electron chi connectivity index (χ2n) is 7.18. The van der Waals surface area contributed by atoms with E-state index in [0.717, 1.165) is 10.8 Å². The van der Waals surface area contributed by atoms with E-state index in [0.29, 0.717) is 22.8 Å². The molecule has 0 unspecified atom stereocenters. The molecule has 0 bridgehead atoms. The van der Waals surface area contributed by atoms with Gasteiger partial charge < -0.3 is 9.88 Å². The Bertz CT molecular complexity index is 1200. The Morgan fingerprint density at radius 1 is 1.29 bits per heavy atom. The van der Waals surface area contributed by atoms with E-state index < -0.39 is 55.7 Å². The highest BCUT2D eigenvalue weighted by molar-refractivity contribution is 14.1. The van der Waals surface area contributed by atoms with Gasteiger partial charge >= 0.3 is 0 Å². The lowest BCUT2D eigenvalue weighted by Crippen LogP contribution is -2.32. The molecule has 2 aromatic rings. The van der Waals surface area contributed by atoms with Crippen LogP contribution in [-0.2, 0) is 16.6 Å². The van der Waals surface area contributed by atoms with Crippen LogP contribution in [0.1, 0.15) is 26.2 Å². The number of rotatable bonds is 9. The Morgan fingerprint density at radius 2 is 1.97 bits per heavy atom. The van der Waals surface area contributed by atoms with Crippen molar-refractivity contribution >= 4 is 49.7 Å². The summed E-state index contributed by atoms with van der Waals surface area (Å²) < 4.78 is 57.6. The second-order valence-corrected chi connectivity index (χ2v) is 10.5. The molecule has 13 heteroatoms. The SMILES string of the molecule is CCC1(S(=O)(=O)Nc2cn(CC[N+](=O)[O-])c(=O)c(F)c2Nc2ccc(I)cc2F)CC1. The number of hydrogen-bond acceptors (Lipinski definition) is 6. The van der Waals surface area contributed by atoms with Gasteiger partial charge in [-0.05, 0) is 60.1 Å². The Morgan fingerprint density at radius 3 is 2.52 bits per heavy atom. The molecule has 1 saturated carbocycles. The second kappa shape index (κ2) is 8.68. The lowest BCUT2D eigenvalue weighted by atomic mass is 10.2. The highest BCUT2D eigenvalue weighted by Crippen LogP contribution is 2.47. The molecule has 2 N–H and O–H groups in total. The fraction of sp³-hybridized carbons (Fsp3) is 0.389. The molecule has 168 valence electrons. The third-order valence-corrected chi connectivity index (χ3v) is 8.20. The van der Waals surface area contributed by atoms with Crippen molar-refractivity contribution < 1.29 is 22.1 Å². The van der Waals surface area contributed by atoms with Gasteiger partial charge in [0.05, 0.1) is 22.7 Å². The van der Waals surface area contributed by atoms with Crippen LogP contribution in [0.2, 0.25) is 0 Å². The van der Waals surface area contributed by atoms with Gasteiger partial charge in [-0.2, -0.15) is 4.39 Å². The number of sulfonamides is 1. The molecule has 31 heavy (non-hydrogen) atoms. The Hall–Kier alpha value is -2.29. The topological polar surface area (TPSA) is 123 Å². The molecule has 0 amide bonds. The summed E-state index contributed by atoms with van der Waals surface area (Å²) in [4.78, 5) is 22.3. The lowest BCUT2D eigenvalue weighted by molar-refractivity contribution is -0.481. The molecule has 1 aliphatic carbocycles. The summed E-state index contributed by atoms with van der Waals surface area (Å²) in [5.74, 6) is -2.12. The van der Waals surface area contributed by atoms with Gasteiger partial charge in [0, 0.05) is 14.7 Å². The van der Waals surface area contributed by atoms with Crippen LogP contribution in [0.4, 0.5) is 25.8 Å². The normalized spacial score (nSPS) is 14.8. The Balaban J connectivity index is 2.10. The van der Waals surface area contributed by atoms with Gasteiger partial charge in [0.2, 0.25) is 22.4 Å². The number of anilines is 3.